The molecule has 0 spiro atoms. The molecule has 0 bridgehead atoms. The van der Waals surface area contributed by atoms with Crippen LogP contribution in [0.2, 0.25) is 5.02 Å². The summed E-state index contributed by atoms with van der Waals surface area (Å²) in [6.45, 7) is 1.86. The Hall–Kier alpha value is -3.01. The molecule has 0 N–H and O–H groups in total. The minimum absolute atomic E-state index is 0.311. The van der Waals surface area contributed by atoms with Crippen LogP contribution in [0.4, 0.5) is 5.82 Å². The number of nitrogens with zero attached hydrogens (tertiary/aromatic N) is 6. The van der Waals surface area contributed by atoms with Gasteiger partial charge in [-0.05, 0) is 37.1 Å². The van der Waals surface area contributed by atoms with Gasteiger partial charge in [0.1, 0.15) is 11.6 Å². The number of para-hydroxylation sites is 1. The normalized spacial score (nSPS) is 17.9. The summed E-state index contributed by atoms with van der Waals surface area (Å²) in [7, 11) is -3.53. The molecule has 0 amide bonds. The van der Waals surface area contributed by atoms with E-state index in [2.05, 4.69) is 10.00 Å². The first-order chi connectivity index (χ1) is 18.0. The molecule has 2 aromatic heterocycles. The largest absolute Gasteiger partial charge is 0.353 e. The smallest absolute Gasteiger partial charge is 0.243 e. The molecule has 6 rings (SSSR count). The van der Waals surface area contributed by atoms with Gasteiger partial charge < -0.3 is 4.90 Å². The van der Waals surface area contributed by atoms with Crippen molar-refractivity contribution in [2.75, 3.05) is 31.1 Å². The fourth-order valence-electron chi connectivity index (χ4n) is 5.38. The highest BCUT2D eigenvalue weighted by molar-refractivity contribution is 7.89. The van der Waals surface area contributed by atoms with Crippen molar-refractivity contribution in [3.05, 3.63) is 71.6 Å². The highest BCUT2D eigenvalue weighted by atomic mass is 35.5. The molecule has 1 saturated heterocycles. The minimum atomic E-state index is -3.53. The van der Waals surface area contributed by atoms with E-state index in [0.29, 0.717) is 42.0 Å². The van der Waals surface area contributed by atoms with Crippen molar-refractivity contribution in [1.82, 2.24) is 24.1 Å². The van der Waals surface area contributed by atoms with E-state index < -0.39 is 10.0 Å². The average molecular weight is 537 g/mol. The number of aromatic nitrogens is 4. The lowest BCUT2D eigenvalue weighted by molar-refractivity contribution is 0.383. The summed E-state index contributed by atoms with van der Waals surface area (Å²) < 4.78 is 29.7. The van der Waals surface area contributed by atoms with E-state index in [0.717, 1.165) is 41.2 Å². The van der Waals surface area contributed by atoms with Crippen LogP contribution in [0, 0.1) is 0 Å². The van der Waals surface area contributed by atoms with E-state index >= 15 is 0 Å². The molecule has 2 aliphatic rings. The van der Waals surface area contributed by atoms with Gasteiger partial charge in [-0.25, -0.2) is 23.1 Å². The Labute approximate surface area is 221 Å². The minimum Gasteiger partial charge on any atom is -0.353 e. The predicted octanol–water partition coefficient (Wildman–Crippen LogP) is 5.03. The van der Waals surface area contributed by atoms with Crippen LogP contribution < -0.4 is 4.90 Å². The van der Waals surface area contributed by atoms with Gasteiger partial charge in [0.15, 0.2) is 5.65 Å². The number of halogens is 1. The lowest BCUT2D eigenvalue weighted by Gasteiger charge is -2.35. The third-order valence-corrected chi connectivity index (χ3v) is 9.63. The van der Waals surface area contributed by atoms with Gasteiger partial charge in [-0.2, -0.15) is 9.40 Å². The second-order valence-corrected chi connectivity index (χ2v) is 12.0. The van der Waals surface area contributed by atoms with Crippen LogP contribution in [0.5, 0.6) is 0 Å². The number of rotatable bonds is 5. The van der Waals surface area contributed by atoms with Crippen LogP contribution in [0.1, 0.15) is 43.8 Å². The van der Waals surface area contributed by atoms with Gasteiger partial charge in [0.2, 0.25) is 10.0 Å². The summed E-state index contributed by atoms with van der Waals surface area (Å²) in [5.74, 6) is 1.97. The second-order valence-electron chi connectivity index (χ2n) is 9.69. The van der Waals surface area contributed by atoms with Gasteiger partial charge in [0, 0.05) is 32.1 Å². The molecule has 37 heavy (non-hydrogen) atoms. The van der Waals surface area contributed by atoms with Crippen LogP contribution in [0.3, 0.4) is 0 Å². The zero-order valence-corrected chi connectivity index (χ0v) is 22.1. The summed E-state index contributed by atoms with van der Waals surface area (Å²) in [5, 5.41) is 6.11. The lowest BCUT2D eigenvalue weighted by Crippen LogP contribution is -2.49. The Balaban J connectivity index is 1.36. The average Bonchev–Trinajstić information content (AvgIpc) is 3.38. The van der Waals surface area contributed by atoms with Crippen molar-refractivity contribution in [2.24, 2.45) is 0 Å². The molecule has 1 saturated carbocycles. The van der Waals surface area contributed by atoms with Gasteiger partial charge in [0.05, 0.1) is 27.2 Å². The monoisotopic (exact) mass is 536 g/mol. The first kappa shape index (κ1) is 24.3. The van der Waals surface area contributed by atoms with E-state index in [9.17, 15) is 8.42 Å². The Bertz CT molecular complexity index is 1510. The molecule has 10 heteroatoms. The zero-order valence-electron chi connectivity index (χ0n) is 20.5. The van der Waals surface area contributed by atoms with Gasteiger partial charge in [-0.15, -0.1) is 0 Å². The van der Waals surface area contributed by atoms with Crippen molar-refractivity contribution in [2.45, 2.75) is 42.9 Å². The van der Waals surface area contributed by atoms with Crippen LogP contribution in [0.25, 0.3) is 16.7 Å². The van der Waals surface area contributed by atoms with Crippen molar-refractivity contribution in [3.63, 3.8) is 0 Å². The van der Waals surface area contributed by atoms with Gasteiger partial charge in [-0.3, -0.25) is 0 Å². The Kier molecular flexibility index (Phi) is 6.60. The number of benzene rings is 2. The van der Waals surface area contributed by atoms with E-state index in [-0.39, 0.29) is 0 Å². The summed E-state index contributed by atoms with van der Waals surface area (Å²) in [4.78, 5) is 12.6. The first-order valence-corrected chi connectivity index (χ1v) is 14.6. The quantitative estimate of drug-likeness (QED) is 0.356. The number of anilines is 1. The maximum atomic E-state index is 13.2. The number of hydrogen-bond donors (Lipinski definition) is 0. The number of sulfonamides is 1. The van der Waals surface area contributed by atoms with Crippen molar-refractivity contribution in [1.29, 1.82) is 0 Å². The Morgan fingerprint density at radius 3 is 2.27 bits per heavy atom. The second kappa shape index (κ2) is 10.0. The summed E-state index contributed by atoms with van der Waals surface area (Å²) in [5.41, 5.74) is 1.51. The number of piperazine rings is 1. The van der Waals surface area contributed by atoms with E-state index in [4.69, 9.17) is 21.6 Å². The third kappa shape index (κ3) is 4.60. The van der Waals surface area contributed by atoms with Crippen LogP contribution in [-0.2, 0) is 10.0 Å². The maximum Gasteiger partial charge on any atom is 0.243 e. The van der Waals surface area contributed by atoms with Crippen LogP contribution in [-0.4, -0.2) is 58.7 Å². The molecule has 0 unspecified atom stereocenters. The van der Waals surface area contributed by atoms with Gasteiger partial charge >= 0.3 is 0 Å². The topological polar surface area (TPSA) is 84.2 Å². The molecule has 2 aromatic carbocycles. The van der Waals surface area contributed by atoms with Gasteiger partial charge in [0.25, 0.3) is 0 Å². The van der Waals surface area contributed by atoms with E-state index in [1.54, 1.807) is 39.4 Å². The van der Waals surface area contributed by atoms with Crippen molar-refractivity contribution >= 4 is 38.5 Å². The van der Waals surface area contributed by atoms with Crippen molar-refractivity contribution < 1.29 is 8.42 Å². The standard InChI is InChI=1S/C27H29ClN6O2S/c28-23-13-7-8-14-24(23)34-27-22(19-29-34)26(30-25(31-27)20-9-3-1-4-10-20)32-15-17-33(18-16-32)37(35,36)21-11-5-2-6-12-21/h2,5-8,11-14,19-20H,1,3-4,9-10,15-18H2. The zero-order chi connectivity index (χ0) is 25.4. The van der Waals surface area contributed by atoms with Gasteiger partial charge in [-0.1, -0.05) is 61.2 Å². The number of hydrogen-bond acceptors (Lipinski definition) is 6. The van der Waals surface area contributed by atoms with Crippen molar-refractivity contribution in [3.8, 4) is 5.69 Å². The van der Waals surface area contributed by atoms with E-state index in [1.165, 1.54) is 19.3 Å². The Morgan fingerprint density at radius 2 is 1.54 bits per heavy atom. The molecule has 1 aliphatic carbocycles. The molecule has 2 fully saturated rings. The molecular formula is C27H29ClN6O2S. The lowest BCUT2D eigenvalue weighted by atomic mass is 9.88. The first-order valence-electron chi connectivity index (χ1n) is 12.8. The van der Waals surface area contributed by atoms with Crippen LogP contribution in [0.15, 0.2) is 65.7 Å². The fourth-order valence-corrected chi connectivity index (χ4v) is 7.03. The molecule has 8 nitrogen and oxygen atoms in total. The van der Waals surface area contributed by atoms with E-state index in [1.807, 2.05) is 30.3 Å². The predicted molar refractivity (Wildman–Crippen MR) is 145 cm³/mol. The molecule has 192 valence electrons. The SMILES string of the molecule is O=S(=O)(c1ccccc1)N1CCN(c2nc(C3CCCCC3)nc3c2cnn3-c2ccccc2Cl)CC1. The molecular weight excluding hydrogens is 508 g/mol. The fraction of sp³-hybridized carbons (Fsp3) is 0.370. The summed E-state index contributed by atoms with van der Waals surface area (Å²) in [6, 6.07) is 16.2. The highest BCUT2D eigenvalue weighted by Gasteiger charge is 2.31. The molecule has 0 radical (unpaired) electrons. The highest BCUT2D eigenvalue weighted by Crippen LogP contribution is 2.35. The molecule has 4 aromatic rings. The third-order valence-electron chi connectivity index (χ3n) is 7.40. The van der Waals surface area contributed by atoms with Crippen LogP contribution >= 0.6 is 11.6 Å². The summed E-state index contributed by atoms with van der Waals surface area (Å²) in [6.07, 6.45) is 7.57. The number of fused-ring (bicyclic) bond motifs is 1. The molecule has 0 atom stereocenters. The summed E-state index contributed by atoms with van der Waals surface area (Å²) >= 11 is 6.53. The maximum absolute atomic E-state index is 13.2. The Morgan fingerprint density at radius 1 is 0.838 bits per heavy atom. The molecule has 1 aliphatic heterocycles. The molecule has 3 heterocycles.